The molecular weight excluding hydrogens is 404 g/mol. The summed E-state index contributed by atoms with van der Waals surface area (Å²) in [4.78, 5) is 29.3. The number of aryl methyl sites for hydroxylation is 3. The first-order valence-corrected chi connectivity index (χ1v) is 11.1. The molecular formula is C25H34N4O3. The lowest BCUT2D eigenvalue weighted by Gasteiger charge is -2.29. The van der Waals surface area contributed by atoms with Gasteiger partial charge in [-0.25, -0.2) is 0 Å². The van der Waals surface area contributed by atoms with Gasteiger partial charge in [0.15, 0.2) is 0 Å². The number of likely N-dealkylation sites (N-methyl/N-ethyl adjacent to an activating group) is 1. The zero-order valence-corrected chi connectivity index (χ0v) is 19.7. The molecule has 0 aromatic heterocycles. The van der Waals surface area contributed by atoms with E-state index in [1.165, 1.54) is 5.56 Å². The number of carbonyl (C=O) groups excluding carboxylic acids is 2. The van der Waals surface area contributed by atoms with Crippen molar-refractivity contribution >= 4 is 28.9 Å². The number of hydrogen-bond donors (Lipinski definition) is 2. The Morgan fingerprint density at radius 1 is 1.03 bits per heavy atom. The molecule has 0 radical (unpaired) electrons. The van der Waals surface area contributed by atoms with Gasteiger partial charge in [0.1, 0.15) is 0 Å². The van der Waals surface area contributed by atoms with Crippen LogP contribution in [0.5, 0.6) is 0 Å². The molecule has 7 nitrogen and oxygen atoms in total. The monoisotopic (exact) mass is 438 g/mol. The molecule has 172 valence electrons. The van der Waals surface area contributed by atoms with Gasteiger partial charge in [0.05, 0.1) is 25.8 Å². The van der Waals surface area contributed by atoms with E-state index in [9.17, 15) is 9.59 Å². The van der Waals surface area contributed by atoms with E-state index in [1.54, 1.807) is 18.9 Å². The average molecular weight is 439 g/mol. The van der Waals surface area contributed by atoms with E-state index in [-0.39, 0.29) is 18.4 Å². The summed E-state index contributed by atoms with van der Waals surface area (Å²) in [6.45, 7) is 11.1. The number of rotatable bonds is 7. The second-order valence-electron chi connectivity index (χ2n) is 8.55. The van der Waals surface area contributed by atoms with Crippen LogP contribution in [0.1, 0.15) is 23.6 Å². The summed E-state index contributed by atoms with van der Waals surface area (Å²) in [5.41, 5.74) is 5.93. The van der Waals surface area contributed by atoms with Crippen molar-refractivity contribution in [3.05, 3.63) is 53.1 Å². The second-order valence-corrected chi connectivity index (χ2v) is 8.55. The van der Waals surface area contributed by atoms with Crippen LogP contribution >= 0.6 is 0 Å². The van der Waals surface area contributed by atoms with Crippen LogP contribution in [0.15, 0.2) is 36.4 Å². The molecule has 3 rings (SSSR count). The van der Waals surface area contributed by atoms with E-state index in [0.29, 0.717) is 0 Å². The van der Waals surface area contributed by atoms with Gasteiger partial charge in [0.25, 0.3) is 0 Å². The zero-order chi connectivity index (χ0) is 23.3. The molecule has 0 spiro atoms. The fourth-order valence-corrected chi connectivity index (χ4v) is 3.94. The van der Waals surface area contributed by atoms with Gasteiger partial charge in [-0.05, 0) is 70.1 Å². The molecule has 2 aromatic rings. The van der Waals surface area contributed by atoms with Gasteiger partial charge in [-0.15, -0.1) is 0 Å². The van der Waals surface area contributed by atoms with Crippen molar-refractivity contribution in [2.24, 2.45) is 0 Å². The molecule has 1 heterocycles. The summed E-state index contributed by atoms with van der Waals surface area (Å²) in [6, 6.07) is 11.5. The largest absolute Gasteiger partial charge is 0.378 e. The van der Waals surface area contributed by atoms with E-state index >= 15 is 0 Å². The highest BCUT2D eigenvalue weighted by molar-refractivity contribution is 5.96. The number of nitrogens with zero attached hydrogens (tertiary/aromatic N) is 2. The minimum absolute atomic E-state index is 0.122. The number of anilines is 3. The summed E-state index contributed by atoms with van der Waals surface area (Å²) < 4.78 is 5.39. The molecule has 1 aliphatic rings. The zero-order valence-electron chi connectivity index (χ0n) is 19.7. The fourth-order valence-electron chi connectivity index (χ4n) is 3.94. The van der Waals surface area contributed by atoms with E-state index in [2.05, 4.69) is 15.5 Å². The van der Waals surface area contributed by atoms with Crippen LogP contribution in [0.3, 0.4) is 0 Å². The lowest BCUT2D eigenvalue weighted by atomic mass is 10.1. The maximum absolute atomic E-state index is 12.7. The first kappa shape index (κ1) is 23.8. The molecule has 32 heavy (non-hydrogen) atoms. The number of ether oxygens (including phenoxy) is 1. The number of amides is 2. The molecule has 0 saturated carbocycles. The van der Waals surface area contributed by atoms with Crippen LogP contribution in [0.2, 0.25) is 0 Å². The quantitative estimate of drug-likeness (QED) is 0.694. The fraction of sp³-hybridized carbons (Fsp3) is 0.440. The van der Waals surface area contributed by atoms with Crippen LogP contribution in [0.25, 0.3) is 0 Å². The molecule has 0 bridgehead atoms. The van der Waals surface area contributed by atoms with Crippen molar-refractivity contribution < 1.29 is 14.3 Å². The Balaban J connectivity index is 1.53. The van der Waals surface area contributed by atoms with Gasteiger partial charge in [-0.2, -0.15) is 0 Å². The van der Waals surface area contributed by atoms with E-state index in [4.69, 9.17) is 4.74 Å². The first-order chi connectivity index (χ1) is 15.2. The number of hydrogen-bond acceptors (Lipinski definition) is 5. The van der Waals surface area contributed by atoms with Gasteiger partial charge >= 0.3 is 0 Å². The van der Waals surface area contributed by atoms with Crippen molar-refractivity contribution in [1.82, 2.24) is 4.90 Å². The lowest BCUT2D eigenvalue weighted by Crippen LogP contribution is -2.43. The highest BCUT2D eigenvalue weighted by Crippen LogP contribution is 2.22. The van der Waals surface area contributed by atoms with Crippen molar-refractivity contribution in [3.63, 3.8) is 0 Å². The Kier molecular flexibility index (Phi) is 7.88. The predicted octanol–water partition coefficient (Wildman–Crippen LogP) is 3.35. The van der Waals surface area contributed by atoms with Crippen LogP contribution in [-0.4, -0.2) is 62.7 Å². The van der Waals surface area contributed by atoms with Crippen LogP contribution < -0.4 is 15.5 Å². The standard InChI is InChI=1S/C25H34N4O3/c1-17-14-18(2)24(19(3)15-17)27-23(30)16-28(5)20(4)25(31)26-21-6-8-22(9-7-21)29-10-12-32-13-11-29/h6-9,14-15,20H,10-13,16H2,1-5H3,(H,26,31)(H,27,30). The Hall–Kier alpha value is -2.90. The number of benzene rings is 2. The van der Waals surface area contributed by atoms with Crippen molar-refractivity contribution in [2.45, 2.75) is 33.7 Å². The summed E-state index contributed by atoms with van der Waals surface area (Å²) in [5, 5.41) is 5.94. The van der Waals surface area contributed by atoms with E-state index in [1.807, 2.05) is 57.2 Å². The molecule has 1 unspecified atom stereocenters. The molecule has 1 saturated heterocycles. The topological polar surface area (TPSA) is 73.9 Å². The Labute approximate surface area is 190 Å². The molecule has 1 atom stereocenters. The maximum atomic E-state index is 12.7. The SMILES string of the molecule is Cc1cc(C)c(NC(=O)CN(C)C(C)C(=O)Nc2ccc(N3CCOCC3)cc2)c(C)c1. The van der Waals surface area contributed by atoms with Gasteiger partial charge < -0.3 is 20.3 Å². The summed E-state index contributed by atoms with van der Waals surface area (Å²) in [6.07, 6.45) is 0. The molecule has 1 aliphatic heterocycles. The minimum atomic E-state index is -0.458. The highest BCUT2D eigenvalue weighted by Gasteiger charge is 2.21. The van der Waals surface area contributed by atoms with Gasteiger partial charge in [-0.3, -0.25) is 14.5 Å². The third kappa shape index (κ3) is 6.08. The van der Waals surface area contributed by atoms with Crippen molar-refractivity contribution in [2.75, 3.05) is 55.4 Å². The Morgan fingerprint density at radius 2 is 1.62 bits per heavy atom. The molecule has 2 aromatic carbocycles. The third-order valence-electron chi connectivity index (χ3n) is 5.89. The van der Waals surface area contributed by atoms with Gasteiger partial charge in [0.2, 0.25) is 11.8 Å². The van der Waals surface area contributed by atoms with Crippen LogP contribution in [-0.2, 0) is 14.3 Å². The first-order valence-electron chi connectivity index (χ1n) is 11.1. The van der Waals surface area contributed by atoms with Crippen molar-refractivity contribution in [3.8, 4) is 0 Å². The molecule has 0 aliphatic carbocycles. The average Bonchev–Trinajstić information content (AvgIpc) is 2.76. The number of nitrogens with one attached hydrogen (secondary N) is 2. The van der Waals surface area contributed by atoms with Crippen molar-refractivity contribution in [1.29, 1.82) is 0 Å². The lowest BCUT2D eigenvalue weighted by molar-refractivity contribution is -0.122. The molecule has 1 fully saturated rings. The predicted molar refractivity (Wildman–Crippen MR) is 129 cm³/mol. The molecule has 2 N–H and O–H groups in total. The van der Waals surface area contributed by atoms with Crippen LogP contribution in [0.4, 0.5) is 17.1 Å². The highest BCUT2D eigenvalue weighted by atomic mass is 16.5. The Morgan fingerprint density at radius 3 is 2.22 bits per heavy atom. The minimum Gasteiger partial charge on any atom is -0.378 e. The summed E-state index contributed by atoms with van der Waals surface area (Å²) in [5.74, 6) is -0.292. The summed E-state index contributed by atoms with van der Waals surface area (Å²) in [7, 11) is 1.78. The normalized spacial score (nSPS) is 14.9. The van der Waals surface area contributed by atoms with E-state index < -0.39 is 6.04 Å². The number of carbonyl (C=O) groups is 2. The maximum Gasteiger partial charge on any atom is 0.241 e. The molecule has 7 heteroatoms. The Bertz CT molecular complexity index is 929. The second kappa shape index (κ2) is 10.6. The smallest absolute Gasteiger partial charge is 0.241 e. The van der Waals surface area contributed by atoms with Gasteiger partial charge in [-0.1, -0.05) is 17.7 Å². The molecule has 2 amide bonds. The summed E-state index contributed by atoms with van der Waals surface area (Å²) >= 11 is 0. The third-order valence-corrected chi connectivity index (χ3v) is 5.89. The number of morpholine rings is 1. The van der Waals surface area contributed by atoms with Crippen LogP contribution in [0, 0.1) is 20.8 Å². The van der Waals surface area contributed by atoms with E-state index in [0.717, 1.165) is 54.5 Å². The van der Waals surface area contributed by atoms with Gasteiger partial charge in [0, 0.05) is 30.2 Å².